The van der Waals surface area contributed by atoms with Gasteiger partial charge in [0.1, 0.15) is 0 Å². The summed E-state index contributed by atoms with van der Waals surface area (Å²) in [5.74, 6) is -0.326. The maximum Gasteiger partial charge on any atom is 0.339 e. The van der Waals surface area contributed by atoms with Crippen LogP contribution in [0.3, 0.4) is 0 Å². The number of rotatable bonds is 5. The Morgan fingerprint density at radius 3 is 2.15 bits per heavy atom. The third-order valence-electron chi connectivity index (χ3n) is 4.69. The molecule has 27 heavy (non-hydrogen) atoms. The molecule has 0 aliphatic carbocycles. The standard InChI is InChI=1S/C22H25NO4/c1-16(2)17-8-10-19(11-9-17)22(25)27-20(18-6-4-3-5-7-18)21(24)23-12-14-26-15-13-23/h3-11,16,20H,12-15H2,1-2H3/t20-/m0/s1. The monoisotopic (exact) mass is 367 g/mol. The van der Waals surface area contributed by atoms with E-state index in [4.69, 9.17) is 9.47 Å². The second kappa shape index (κ2) is 8.82. The van der Waals surface area contributed by atoms with Crippen LogP contribution >= 0.6 is 0 Å². The van der Waals surface area contributed by atoms with Crippen molar-refractivity contribution < 1.29 is 19.1 Å². The van der Waals surface area contributed by atoms with E-state index < -0.39 is 12.1 Å². The molecule has 1 aliphatic heterocycles. The summed E-state index contributed by atoms with van der Waals surface area (Å²) >= 11 is 0. The summed E-state index contributed by atoms with van der Waals surface area (Å²) in [5, 5.41) is 0. The van der Waals surface area contributed by atoms with Gasteiger partial charge >= 0.3 is 5.97 Å². The van der Waals surface area contributed by atoms with E-state index in [1.807, 2.05) is 30.3 Å². The number of ether oxygens (including phenoxy) is 2. The quantitative estimate of drug-likeness (QED) is 0.758. The van der Waals surface area contributed by atoms with Crippen molar-refractivity contribution in [1.82, 2.24) is 4.90 Å². The number of morpholine rings is 1. The summed E-state index contributed by atoms with van der Waals surface area (Å²) in [6.07, 6.45) is -0.957. The van der Waals surface area contributed by atoms with E-state index in [9.17, 15) is 9.59 Å². The van der Waals surface area contributed by atoms with Gasteiger partial charge in [0.05, 0.1) is 18.8 Å². The average molecular weight is 367 g/mol. The molecule has 0 N–H and O–H groups in total. The Balaban J connectivity index is 1.80. The Morgan fingerprint density at radius 2 is 1.56 bits per heavy atom. The Bertz CT molecular complexity index is 765. The molecule has 0 unspecified atom stereocenters. The summed E-state index contributed by atoms with van der Waals surface area (Å²) in [6.45, 7) is 6.20. The number of carbonyl (C=O) groups excluding carboxylic acids is 2. The second-order valence-electron chi connectivity index (χ2n) is 6.91. The van der Waals surface area contributed by atoms with E-state index in [2.05, 4.69) is 13.8 Å². The molecular formula is C22H25NO4. The van der Waals surface area contributed by atoms with Gasteiger partial charge in [-0.3, -0.25) is 4.79 Å². The number of hydrogen-bond acceptors (Lipinski definition) is 4. The topological polar surface area (TPSA) is 55.8 Å². The van der Waals surface area contributed by atoms with Crippen molar-refractivity contribution in [3.8, 4) is 0 Å². The Labute approximate surface area is 159 Å². The Hall–Kier alpha value is -2.66. The van der Waals surface area contributed by atoms with Gasteiger partial charge in [0, 0.05) is 18.7 Å². The van der Waals surface area contributed by atoms with Gasteiger partial charge in [-0.05, 0) is 23.6 Å². The maximum absolute atomic E-state index is 13.0. The van der Waals surface area contributed by atoms with Gasteiger partial charge in [-0.2, -0.15) is 0 Å². The minimum atomic E-state index is -0.957. The molecule has 142 valence electrons. The van der Waals surface area contributed by atoms with E-state index in [1.54, 1.807) is 29.2 Å². The highest BCUT2D eigenvalue weighted by molar-refractivity contribution is 5.92. The van der Waals surface area contributed by atoms with E-state index in [1.165, 1.54) is 0 Å². The molecule has 1 amide bonds. The second-order valence-corrected chi connectivity index (χ2v) is 6.91. The molecule has 2 aromatic carbocycles. The lowest BCUT2D eigenvalue weighted by Crippen LogP contribution is -2.44. The fourth-order valence-electron chi connectivity index (χ4n) is 3.02. The highest BCUT2D eigenvalue weighted by Gasteiger charge is 2.30. The van der Waals surface area contributed by atoms with Gasteiger partial charge in [-0.25, -0.2) is 4.79 Å². The summed E-state index contributed by atoms with van der Waals surface area (Å²) in [4.78, 5) is 27.4. The molecule has 2 aromatic rings. The molecule has 3 rings (SSSR count). The summed E-state index contributed by atoms with van der Waals surface area (Å²) in [6, 6.07) is 16.5. The third kappa shape index (κ3) is 4.74. The number of carbonyl (C=O) groups is 2. The van der Waals surface area contributed by atoms with Crippen LogP contribution in [0.1, 0.15) is 47.4 Å². The fourth-order valence-corrected chi connectivity index (χ4v) is 3.02. The van der Waals surface area contributed by atoms with Crippen molar-refractivity contribution in [2.45, 2.75) is 25.9 Å². The number of amides is 1. The maximum atomic E-state index is 13.0. The predicted molar refractivity (Wildman–Crippen MR) is 103 cm³/mol. The summed E-state index contributed by atoms with van der Waals surface area (Å²) in [7, 11) is 0. The van der Waals surface area contributed by atoms with Gasteiger partial charge in [-0.1, -0.05) is 56.3 Å². The van der Waals surface area contributed by atoms with Crippen LogP contribution in [0.2, 0.25) is 0 Å². The molecule has 0 spiro atoms. The van der Waals surface area contributed by atoms with Crippen molar-refractivity contribution >= 4 is 11.9 Å². The first-order chi connectivity index (χ1) is 13.1. The molecule has 5 nitrogen and oxygen atoms in total. The number of esters is 1. The van der Waals surface area contributed by atoms with Crippen molar-refractivity contribution in [2.75, 3.05) is 26.3 Å². The average Bonchev–Trinajstić information content (AvgIpc) is 2.72. The van der Waals surface area contributed by atoms with E-state index in [0.29, 0.717) is 43.3 Å². The molecule has 1 fully saturated rings. The molecular weight excluding hydrogens is 342 g/mol. The zero-order valence-electron chi connectivity index (χ0n) is 15.8. The fraction of sp³-hybridized carbons (Fsp3) is 0.364. The Morgan fingerprint density at radius 1 is 0.926 bits per heavy atom. The van der Waals surface area contributed by atoms with Crippen LogP contribution in [0.15, 0.2) is 54.6 Å². The van der Waals surface area contributed by atoms with Crippen molar-refractivity contribution in [1.29, 1.82) is 0 Å². The number of nitrogens with zero attached hydrogens (tertiary/aromatic N) is 1. The molecule has 1 saturated heterocycles. The molecule has 1 atom stereocenters. The summed E-state index contributed by atoms with van der Waals surface area (Å²) < 4.78 is 11.0. The van der Waals surface area contributed by atoms with Gasteiger partial charge in [-0.15, -0.1) is 0 Å². The van der Waals surface area contributed by atoms with E-state index >= 15 is 0 Å². The van der Waals surface area contributed by atoms with Crippen molar-refractivity contribution in [2.24, 2.45) is 0 Å². The zero-order chi connectivity index (χ0) is 19.2. The van der Waals surface area contributed by atoms with E-state index in [0.717, 1.165) is 5.56 Å². The number of hydrogen-bond donors (Lipinski definition) is 0. The van der Waals surface area contributed by atoms with Crippen LogP contribution in [-0.2, 0) is 14.3 Å². The highest BCUT2D eigenvalue weighted by atomic mass is 16.5. The molecule has 5 heteroatoms. The lowest BCUT2D eigenvalue weighted by atomic mass is 10.0. The molecule has 0 bridgehead atoms. The van der Waals surface area contributed by atoms with Gasteiger partial charge in [0.25, 0.3) is 5.91 Å². The van der Waals surface area contributed by atoms with Gasteiger partial charge in [0.2, 0.25) is 6.10 Å². The zero-order valence-corrected chi connectivity index (χ0v) is 15.8. The smallest absolute Gasteiger partial charge is 0.339 e. The van der Waals surface area contributed by atoms with Gasteiger partial charge in [0.15, 0.2) is 0 Å². The molecule has 1 heterocycles. The molecule has 0 saturated carbocycles. The Kier molecular flexibility index (Phi) is 6.24. The molecule has 1 aliphatic rings. The van der Waals surface area contributed by atoms with Crippen LogP contribution < -0.4 is 0 Å². The third-order valence-corrected chi connectivity index (χ3v) is 4.69. The van der Waals surface area contributed by atoms with Crippen LogP contribution in [-0.4, -0.2) is 43.1 Å². The van der Waals surface area contributed by atoms with Crippen molar-refractivity contribution in [3.05, 3.63) is 71.3 Å². The lowest BCUT2D eigenvalue weighted by molar-refractivity contribution is -0.145. The minimum absolute atomic E-state index is 0.211. The first-order valence-corrected chi connectivity index (χ1v) is 9.28. The van der Waals surface area contributed by atoms with Crippen molar-refractivity contribution in [3.63, 3.8) is 0 Å². The van der Waals surface area contributed by atoms with Crippen LogP contribution in [0.25, 0.3) is 0 Å². The molecule has 0 radical (unpaired) electrons. The predicted octanol–water partition coefficient (Wildman–Crippen LogP) is 3.57. The number of benzene rings is 2. The largest absolute Gasteiger partial charge is 0.444 e. The van der Waals surface area contributed by atoms with Crippen LogP contribution in [0, 0.1) is 0 Å². The highest BCUT2D eigenvalue weighted by Crippen LogP contribution is 2.23. The lowest BCUT2D eigenvalue weighted by Gasteiger charge is -2.30. The van der Waals surface area contributed by atoms with E-state index in [-0.39, 0.29) is 5.91 Å². The first kappa shape index (κ1) is 19.1. The SMILES string of the molecule is CC(C)c1ccc(C(=O)O[C@H](C(=O)N2CCOCC2)c2ccccc2)cc1. The molecule has 0 aromatic heterocycles. The first-order valence-electron chi connectivity index (χ1n) is 9.28. The normalized spacial score (nSPS) is 15.4. The van der Waals surface area contributed by atoms with Gasteiger partial charge < -0.3 is 14.4 Å². The van der Waals surface area contributed by atoms with Crippen LogP contribution in [0.5, 0.6) is 0 Å². The van der Waals surface area contributed by atoms with Crippen LogP contribution in [0.4, 0.5) is 0 Å². The minimum Gasteiger partial charge on any atom is -0.444 e. The summed E-state index contributed by atoms with van der Waals surface area (Å²) in [5.41, 5.74) is 2.26.